The molecule has 2 heterocycles. The van der Waals surface area contributed by atoms with Crippen molar-refractivity contribution in [1.29, 1.82) is 10.5 Å². The fourth-order valence-corrected chi connectivity index (χ4v) is 3.68. The summed E-state index contributed by atoms with van der Waals surface area (Å²) in [5, 5.41) is 19.4. The summed E-state index contributed by atoms with van der Waals surface area (Å²) in [6, 6.07) is 9.55. The SMILES string of the molecule is CC(C)(C)C1=CC(=C(C#N)C#N)C=C(C=Cc2cc3cc4c(cc3oc2=O)C=CCCC=C4)O1. The first-order valence-corrected chi connectivity index (χ1v) is 11.1. The lowest BCUT2D eigenvalue weighted by atomic mass is 9.90. The van der Waals surface area contributed by atoms with Crippen LogP contribution in [0.4, 0.5) is 0 Å². The molecule has 5 nitrogen and oxygen atoms in total. The van der Waals surface area contributed by atoms with Gasteiger partial charge in [-0.25, -0.2) is 4.79 Å². The zero-order valence-corrected chi connectivity index (χ0v) is 19.4. The Morgan fingerprint density at radius 3 is 2.29 bits per heavy atom. The fourth-order valence-electron chi connectivity index (χ4n) is 3.68. The van der Waals surface area contributed by atoms with E-state index < -0.39 is 5.63 Å². The maximum atomic E-state index is 12.7. The van der Waals surface area contributed by atoms with E-state index in [1.165, 1.54) is 0 Å². The molecule has 34 heavy (non-hydrogen) atoms. The molecule has 0 amide bonds. The topological polar surface area (TPSA) is 87.0 Å². The van der Waals surface area contributed by atoms with Crippen molar-refractivity contribution in [2.75, 3.05) is 0 Å². The minimum absolute atomic E-state index is 0.000217. The number of fused-ring (bicyclic) bond motifs is 2. The summed E-state index contributed by atoms with van der Waals surface area (Å²) in [4.78, 5) is 12.7. The number of ether oxygens (including phenoxy) is 1. The lowest BCUT2D eigenvalue weighted by Gasteiger charge is -2.26. The molecule has 4 rings (SSSR count). The molecule has 0 saturated heterocycles. The van der Waals surface area contributed by atoms with Crippen molar-refractivity contribution >= 4 is 29.2 Å². The lowest BCUT2D eigenvalue weighted by molar-refractivity contribution is 0.223. The Bertz CT molecular complexity index is 1470. The van der Waals surface area contributed by atoms with Crippen LogP contribution in [0.1, 0.15) is 50.3 Å². The van der Waals surface area contributed by atoms with E-state index in [0.717, 1.165) is 29.4 Å². The number of allylic oxidation sites excluding steroid dienone is 8. The van der Waals surface area contributed by atoms with Gasteiger partial charge in [-0.15, -0.1) is 0 Å². The van der Waals surface area contributed by atoms with Crippen LogP contribution in [-0.4, -0.2) is 0 Å². The number of benzene rings is 1. The molecule has 5 heteroatoms. The Kier molecular flexibility index (Phi) is 6.21. The standard InChI is InChI=1S/C29H24N2O3/c1-29(2,3)27-16-22(24(17-30)18-31)14-25(33-27)11-10-21-13-23-12-19-8-6-4-5-7-9-20(19)15-26(23)34-28(21)32/h6-16H,4-5H2,1-3H3. The summed E-state index contributed by atoms with van der Waals surface area (Å²) in [7, 11) is 0. The van der Waals surface area contributed by atoms with Gasteiger partial charge < -0.3 is 9.15 Å². The molecule has 2 aliphatic rings. The fraction of sp³-hybridized carbons (Fsp3) is 0.207. The second-order valence-electron chi connectivity index (χ2n) is 9.18. The van der Waals surface area contributed by atoms with Gasteiger partial charge in [0.1, 0.15) is 34.8 Å². The van der Waals surface area contributed by atoms with Crippen LogP contribution >= 0.6 is 0 Å². The van der Waals surface area contributed by atoms with Crippen LogP contribution in [0.5, 0.6) is 0 Å². The van der Waals surface area contributed by atoms with E-state index in [0.29, 0.717) is 28.2 Å². The second-order valence-corrected chi connectivity index (χ2v) is 9.18. The van der Waals surface area contributed by atoms with E-state index in [9.17, 15) is 15.3 Å². The molecule has 0 saturated carbocycles. The van der Waals surface area contributed by atoms with E-state index >= 15 is 0 Å². The van der Waals surface area contributed by atoms with Crippen LogP contribution in [-0.2, 0) is 4.74 Å². The minimum atomic E-state index is -0.456. The van der Waals surface area contributed by atoms with Gasteiger partial charge in [0.25, 0.3) is 0 Å². The van der Waals surface area contributed by atoms with Gasteiger partial charge in [-0.3, -0.25) is 0 Å². The third kappa shape index (κ3) is 4.85. The third-order valence-corrected chi connectivity index (χ3v) is 5.55. The molecule has 0 unspecified atom stereocenters. The highest BCUT2D eigenvalue weighted by Crippen LogP contribution is 2.34. The summed E-state index contributed by atoms with van der Waals surface area (Å²) in [6.45, 7) is 5.94. The average Bonchev–Trinajstić information content (AvgIpc) is 2.78. The first-order chi connectivity index (χ1) is 16.3. The van der Waals surface area contributed by atoms with Gasteiger partial charge in [-0.05, 0) is 66.5 Å². The van der Waals surface area contributed by atoms with Crippen LogP contribution in [0.25, 0.3) is 29.2 Å². The number of hydrogen-bond donors (Lipinski definition) is 0. The highest BCUT2D eigenvalue weighted by Gasteiger charge is 2.24. The molecule has 0 fully saturated rings. The summed E-state index contributed by atoms with van der Waals surface area (Å²) in [6.07, 6.45) is 17.0. The van der Waals surface area contributed by atoms with Gasteiger partial charge in [-0.1, -0.05) is 45.1 Å². The average molecular weight is 449 g/mol. The van der Waals surface area contributed by atoms with Crippen molar-refractivity contribution in [3.63, 3.8) is 0 Å². The smallest absolute Gasteiger partial charge is 0.343 e. The monoisotopic (exact) mass is 448 g/mol. The maximum Gasteiger partial charge on any atom is 0.343 e. The van der Waals surface area contributed by atoms with Crippen LogP contribution in [0, 0.1) is 28.1 Å². The predicted molar refractivity (Wildman–Crippen MR) is 134 cm³/mol. The van der Waals surface area contributed by atoms with Crippen LogP contribution in [0.2, 0.25) is 0 Å². The number of rotatable bonds is 2. The van der Waals surface area contributed by atoms with Gasteiger partial charge in [0.2, 0.25) is 0 Å². The molecular weight excluding hydrogens is 424 g/mol. The third-order valence-electron chi connectivity index (χ3n) is 5.55. The molecular formula is C29H24N2O3. The Labute approximate surface area is 198 Å². The molecule has 0 spiro atoms. The Balaban J connectivity index is 1.74. The Hall–Kier alpha value is -4.35. The quantitative estimate of drug-likeness (QED) is 0.372. The summed E-state index contributed by atoms with van der Waals surface area (Å²) < 4.78 is 11.6. The first-order valence-electron chi connectivity index (χ1n) is 11.1. The van der Waals surface area contributed by atoms with Crippen molar-refractivity contribution in [3.05, 3.63) is 98.4 Å². The van der Waals surface area contributed by atoms with Crippen LogP contribution in [0.15, 0.2) is 80.5 Å². The van der Waals surface area contributed by atoms with Crippen molar-refractivity contribution in [1.82, 2.24) is 0 Å². The highest BCUT2D eigenvalue weighted by atomic mass is 16.5. The van der Waals surface area contributed by atoms with E-state index in [-0.39, 0.29) is 11.0 Å². The van der Waals surface area contributed by atoms with Gasteiger partial charge >= 0.3 is 5.63 Å². The zero-order chi connectivity index (χ0) is 24.3. The maximum absolute atomic E-state index is 12.7. The molecule has 0 bridgehead atoms. The summed E-state index contributed by atoms with van der Waals surface area (Å²) in [5.41, 5.74) is 2.68. The van der Waals surface area contributed by atoms with Crippen molar-refractivity contribution in [3.8, 4) is 12.1 Å². The van der Waals surface area contributed by atoms with Crippen LogP contribution < -0.4 is 5.63 Å². The van der Waals surface area contributed by atoms with Crippen molar-refractivity contribution in [2.45, 2.75) is 33.6 Å². The molecule has 0 radical (unpaired) electrons. The normalized spacial score (nSPS) is 15.5. The predicted octanol–water partition coefficient (Wildman–Crippen LogP) is 6.81. The van der Waals surface area contributed by atoms with E-state index in [2.05, 4.69) is 24.3 Å². The molecule has 1 aromatic heterocycles. The van der Waals surface area contributed by atoms with E-state index in [4.69, 9.17) is 9.15 Å². The second kappa shape index (κ2) is 9.25. The molecule has 0 atom stereocenters. The van der Waals surface area contributed by atoms with Gasteiger partial charge in [0.15, 0.2) is 0 Å². The molecule has 0 N–H and O–H groups in total. The zero-order valence-electron chi connectivity index (χ0n) is 19.4. The van der Waals surface area contributed by atoms with E-state index in [1.807, 2.05) is 45.0 Å². The molecule has 1 aliphatic heterocycles. The molecule has 1 aliphatic carbocycles. The molecule has 168 valence electrons. The van der Waals surface area contributed by atoms with Gasteiger partial charge in [0.05, 0.1) is 5.56 Å². The van der Waals surface area contributed by atoms with Crippen molar-refractivity contribution < 1.29 is 9.15 Å². The number of nitriles is 2. The molecule has 2 aromatic rings. The Morgan fingerprint density at radius 1 is 0.971 bits per heavy atom. The summed E-state index contributed by atoms with van der Waals surface area (Å²) in [5.74, 6) is 1.05. The van der Waals surface area contributed by atoms with Gasteiger partial charge in [-0.2, -0.15) is 10.5 Å². The molecule has 1 aromatic carbocycles. The van der Waals surface area contributed by atoms with Gasteiger partial charge in [0, 0.05) is 16.4 Å². The van der Waals surface area contributed by atoms with E-state index in [1.54, 1.807) is 30.4 Å². The van der Waals surface area contributed by atoms with Crippen LogP contribution in [0.3, 0.4) is 0 Å². The lowest BCUT2D eigenvalue weighted by Crippen LogP contribution is -2.15. The first kappa shape index (κ1) is 22.8. The highest BCUT2D eigenvalue weighted by molar-refractivity contribution is 5.85. The largest absolute Gasteiger partial charge is 0.461 e. The number of hydrogen-bond acceptors (Lipinski definition) is 5. The Morgan fingerprint density at radius 2 is 1.65 bits per heavy atom. The van der Waals surface area contributed by atoms with Crippen molar-refractivity contribution in [2.24, 2.45) is 5.41 Å². The number of nitrogens with zero attached hydrogens (tertiary/aromatic N) is 2. The minimum Gasteiger partial charge on any atom is -0.461 e. The summed E-state index contributed by atoms with van der Waals surface area (Å²) >= 11 is 0.